The first-order valence-corrected chi connectivity index (χ1v) is 10.2. The van der Waals surface area contributed by atoms with Gasteiger partial charge in [-0.1, -0.05) is 30.4 Å². The van der Waals surface area contributed by atoms with Gasteiger partial charge in [0.05, 0.1) is 5.69 Å². The van der Waals surface area contributed by atoms with Crippen LogP contribution in [0.5, 0.6) is 0 Å². The lowest BCUT2D eigenvalue weighted by Gasteiger charge is -2.12. The predicted octanol–water partition coefficient (Wildman–Crippen LogP) is 3.81. The Kier molecular flexibility index (Phi) is 7.75. The number of ether oxygens (including phenoxy) is 1. The molecule has 0 aromatic heterocycles. The summed E-state index contributed by atoms with van der Waals surface area (Å²) in [6, 6.07) is 6.81. The Morgan fingerprint density at radius 1 is 1.30 bits per heavy atom. The van der Waals surface area contributed by atoms with Crippen molar-refractivity contribution >= 4 is 38.6 Å². The first-order chi connectivity index (χ1) is 12.9. The van der Waals surface area contributed by atoms with Gasteiger partial charge in [0.1, 0.15) is 17.5 Å². The number of hydrogen-bond acceptors (Lipinski definition) is 7. The molecule has 27 heavy (non-hydrogen) atoms. The molecular formula is C19H20N2O4S2. The molecule has 0 radical (unpaired) electrons. The standard InChI is InChI=1S/C19H20N2O4S2/c1-13(2)19(22)25-10-11-26-16-8-9-17(18(12-16)27(23)24)21-20-15-6-4-14(3)5-7-15/h4-9,12,17H,1,10-11H2,2-3H3. The van der Waals surface area contributed by atoms with Crippen LogP contribution in [0.1, 0.15) is 12.5 Å². The second-order valence-electron chi connectivity index (χ2n) is 5.80. The smallest absolute Gasteiger partial charge is 0.333 e. The minimum atomic E-state index is -2.41. The summed E-state index contributed by atoms with van der Waals surface area (Å²) in [5.41, 5.74) is 2.11. The number of allylic oxidation sites excluding steroid dienone is 1. The van der Waals surface area contributed by atoms with Crippen LogP contribution in [0.4, 0.5) is 5.69 Å². The van der Waals surface area contributed by atoms with Gasteiger partial charge in [-0.15, -0.1) is 11.8 Å². The molecule has 0 fully saturated rings. The number of esters is 1. The molecule has 8 heteroatoms. The summed E-state index contributed by atoms with van der Waals surface area (Å²) < 4.78 is 28.1. The summed E-state index contributed by atoms with van der Waals surface area (Å²) >= 11 is 1.39. The molecule has 0 saturated carbocycles. The zero-order valence-corrected chi connectivity index (χ0v) is 16.7. The van der Waals surface area contributed by atoms with Crippen molar-refractivity contribution in [1.82, 2.24) is 0 Å². The van der Waals surface area contributed by atoms with Crippen molar-refractivity contribution in [3.8, 4) is 0 Å². The fourth-order valence-electron chi connectivity index (χ4n) is 2.04. The number of aryl methyl sites for hydroxylation is 1. The van der Waals surface area contributed by atoms with Crippen LogP contribution >= 0.6 is 11.8 Å². The van der Waals surface area contributed by atoms with E-state index in [1.54, 1.807) is 25.2 Å². The number of carbonyl (C=O) groups excluding carboxylic acids is 1. The molecule has 2 rings (SSSR count). The highest BCUT2D eigenvalue weighted by Gasteiger charge is 2.17. The number of azo groups is 1. The summed E-state index contributed by atoms with van der Waals surface area (Å²) in [5, 5.41) is 8.25. The van der Waals surface area contributed by atoms with Crippen LogP contribution < -0.4 is 0 Å². The Labute approximate surface area is 164 Å². The van der Waals surface area contributed by atoms with Gasteiger partial charge in [0.15, 0.2) is 0 Å². The Morgan fingerprint density at radius 2 is 2.00 bits per heavy atom. The topological polar surface area (TPSA) is 85.2 Å². The highest BCUT2D eigenvalue weighted by molar-refractivity contribution is 8.03. The normalized spacial score (nSPS) is 16.3. The molecule has 0 amide bonds. The van der Waals surface area contributed by atoms with Gasteiger partial charge >= 0.3 is 5.97 Å². The van der Waals surface area contributed by atoms with Crippen molar-refractivity contribution in [3.05, 3.63) is 65.1 Å². The molecule has 1 aliphatic carbocycles. The van der Waals surface area contributed by atoms with E-state index in [0.29, 0.717) is 17.0 Å². The van der Waals surface area contributed by atoms with Gasteiger partial charge < -0.3 is 4.74 Å². The zero-order chi connectivity index (χ0) is 19.8. The molecule has 1 aromatic rings. The summed E-state index contributed by atoms with van der Waals surface area (Å²) in [5.74, 6) is 0.0667. The molecule has 0 heterocycles. The SMILES string of the molecule is C=C(C)C(=O)OCCSC1=CC(=S(=O)=O)C(N=Nc2ccc(C)cc2)C=C1. The number of carbonyl (C=O) groups is 1. The zero-order valence-electron chi connectivity index (χ0n) is 15.1. The molecule has 0 aliphatic heterocycles. The van der Waals surface area contributed by atoms with Crippen molar-refractivity contribution in [2.75, 3.05) is 12.4 Å². The van der Waals surface area contributed by atoms with Gasteiger partial charge in [-0.05, 0) is 38.1 Å². The van der Waals surface area contributed by atoms with Gasteiger partial charge in [-0.25, -0.2) is 4.79 Å². The lowest BCUT2D eigenvalue weighted by Crippen LogP contribution is -2.17. The molecule has 0 bridgehead atoms. The number of thioether (sulfide) groups is 1. The lowest BCUT2D eigenvalue weighted by molar-refractivity contribution is -0.138. The second-order valence-corrected chi connectivity index (χ2v) is 7.91. The minimum Gasteiger partial charge on any atom is -0.461 e. The summed E-state index contributed by atoms with van der Waals surface area (Å²) in [4.78, 5) is 12.2. The average molecular weight is 405 g/mol. The Hall–Kier alpha value is -2.45. The third kappa shape index (κ3) is 6.65. The van der Waals surface area contributed by atoms with E-state index in [4.69, 9.17) is 4.74 Å². The number of benzene rings is 1. The molecule has 1 unspecified atom stereocenters. The third-order valence-corrected chi connectivity index (χ3v) is 5.18. The fraction of sp³-hybridized carbons (Fsp3) is 0.263. The summed E-state index contributed by atoms with van der Waals surface area (Å²) in [6.45, 7) is 7.28. The molecule has 1 aromatic carbocycles. The maximum Gasteiger partial charge on any atom is 0.333 e. The van der Waals surface area contributed by atoms with E-state index in [1.165, 1.54) is 11.8 Å². The van der Waals surface area contributed by atoms with Gasteiger partial charge in [0.2, 0.25) is 10.3 Å². The van der Waals surface area contributed by atoms with Crippen molar-refractivity contribution in [1.29, 1.82) is 0 Å². The Morgan fingerprint density at radius 3 is 2.63 bits per heavy atom. The highest BCUT2D eigenvalue weighted by Crippen LogP contribution is 2.23. The highest BCUT2D eigenvalue weighted by atomic mass is 32.2. The van der Waals surface area contributed by atoms with Crippen molar-refractivity contribution in [2.45, 2.75) is 19.9 Å². The van der Waals surface area contributed by atoms with Crippen LogP contribution in [-0.2, 0) is 19.8 Å². The monoisotopic (exact) mass is 404 g/mol. The number of rotatable bonds is 7. The summed E-state index contributed by atoms with van der Waals surface area (Å²) in [7, 11) is -2.41. The predicted molar refractivity (Wildman–Crippen MR) is 109 cm³/mol. The molecule has 0 saturated heterocycles. The van der Waals surface area contributed by atoms with E-state index >= 15 is 0 Å². The van der Waals surface area contributed by atoms with Gasteiger partial charge in [-0.3, -0.25) is 0 Å². The van der Waals surface area contributed by atoms with Crippen LogP contribution in [0, 0.1) is 6.92 Å². The fourth-order valence-corrected chi connectivity index (χ4v) is 3.45. The van der Waals surface area contributed by atoms with E-state index in [0.717, 1.165) is 10.5 Å². The maximum atomic E-state index is 11.6. The largest absolute Gasteiger partial charge is 0.461 e. The minimum absolute atomic E-state index is 0.148. The quantitative estimate of drug-likeness (QED) is 0.227. The van der Waals surface area contributed by atoms with Gasteiger partial charge in [-0.2, -0.15) is 18.6 Å². The van der Waals surface area contributed by atoms with Crippen molar-refractivity contribution < 1.29 is 17.9 Å². The molecule has 1 atom stereocenters. The van der Waals surface area contributed by atoms with E-state index in [-0.39, 0.29) is 11.5 Å². The van der Waals surface area contributed by atoms with E-state index in [1.807, 2.05) is 31.2 Å². The molecule has 0 N–H and O–H groups in total. The first-order valence-electron chi connectivity index (χ1n) is 8.16. The van der Waals surface area contributed by atoms with Crippen LogP contribution in [0.2, 0.25) is 0 Å². The first kappa shape index (κ1) is 20.9. The lowest BCUT2D eigenvalue weighted by atomic mass is 10.1. The van der Waals surface area contributed by atoms with E-state index in [2.05, 4.69) is 16.8 Å². The maximum absolute atomic E-state index is 11.6. The molecule has 6 nitrogen and oxygen atoms in total. The van der Waals surface area contributed by atoms with Gasteiger partial charge in [0.25, 0.3) is 0 Å². The summed E-state index contributed by atoms with van der Waals surface area (Å²) in [6.07, 6.45) is 5.04. The second kappa shape index (κ2) is 10.0. The Bertz CT molecular complexity index is 934. The van der Waals surface area contributed by atoms with E-state index in [9.17, 15) is 13.2 Å². The van der Waals surface area contributed by atoms with Crippen LogP contribution in [0.15, 0.2) is 69.8 Å². The van der Waals surface area contributed by atoms with Crippen molar-refractivity contribution in [3.63, 3.8) is 0 Å². The number of nitrogens with zero attached hydrogens (tertiary/aromatic N) is 2. The Balaban J connectivity index is 1.99. The molecule has 1 aliphatic rings. The van der Waals surface area contributed by atoms with E-state index < -0.39 is 22.3 Å². The molecular weight excluding hydrogens is 384 g/mol. The van der Waals surface area contributed by atoms with Crippen molar-refractivity contribution in [2.24, 2.45) is 10.2 Å². The van der Waals surface area contributed by atoms with Crippen LogP contribution in [0.3, 0.4) is 0 Å². The molecule has 142 valence electrons. The van der Waals surface area contributed by atoms with Crippen LogP contribution in [-0.4, -0.2) is 37.7 Å². The molecule has 0 spiro atoms. The van der Waals surface area contributed by atoms with Gasteiger partial charge in [0, 0.05) is 16.2 Å². The third-order valence-electron chi connectivity index (χ3n) is 3.48. The number of hydrogen-bond donors (Lipinski definition) is 0. The average Bonchev–Trinajstić information content (AvgIpc) is 2.64. The van der Waals surface area contributed by atoms with Crippen LogP contribution in [0.25, 0.3) is 0 Å².